The van der Waals surface area contributed by atoms with Crippen LogP contribution in [0.3, 0.4) is 0 Å². The van der Waals surface area contributed by atoms with E-state index in [2.05, 4.69) is 15.3 Å². The number of halogens is 1. The summed E-state index contributed by atoms with van der Waals surface area (Å²) in [4.78, 5) is 18.4. The SMILES string of the molecule is O=C(Cc1ccc(F)cc1)N1CCn2nnc(COc3cccnc3)c2C1. The Morgan fingerprint density at radius 3 is 2.81 bits per heavy atom. The predicted octanol–water partition coefficient (Wildman–Crippen LogP) is 1.98. The molecule has 0 atom stereocenters. The fourth-order valence-electron chi connectivity index (χ4n) is 2.99. The average molecular weight is 367 g/mol. The van der Waals surface area contributed by atoms with Gasteiger partial charge in [0.2, 0.25) is 5.91 Å². The molecular formula is C19H18FN5O2. The zero-order chi connectivity index (χ0) is 18.6. The summed E-state index contributed by atoms with van der Waals surface area (Å²) in [6.07, 6.45) is 3.55. The quantitative estimate of drug-likeness (QED) is 0.689. The van der Waals surface area contributed by atoms with Gasteiger partial charge in [0.1, 0.15) is 23.9 Å². The molecule has 2 aromatic heterocycles. The number of ether oxygens (including phenoxy) is 1. The van der Waals surface area contributed by atoms with Crippen LogP contribution in [0, 0.1) is 5.82 Å². The maximum Gasteiger partial charge on any atom is 0.227 e. The van der Waals surface area contributed by atoms with Crippen molar-refractivity contribution < 1.29 is 13.9 Å². The van der Waals surface area contributed by atoms with Gasteiger partial charge in [-0.3, -0.25) is 9.78 Å². The first kappa shape index (κ1) is 17.1. The second kappa shape index (κ2) is 7.53. The summed E-state index contributed by atoms with van der Waals surface area (Å²) in [5.41, 5.74) is 2.37. The van der Waals surface area contributed by atoms with Crippen LogP contribution in [0.25, 0.3) is 0 Å². The van der Waals surface area contributed by atoms with E-state index in [1.54, 1.807) is 35.5 Å². The van der Waals surface area contributed by atoms with E-state index in [1.807, 2.05) is 10.7 Å². The lowest BCUT2D eigenvalue weighted by Gasteiger charge is -2.28. The number of amides is 1. The minimum Gasteiger partial charge on any atom is -0.486 e. The number of carbonyl (C=O) groups excluding carboxylic acids is 1. The summed E-state index contributed by atoms with van der Waals surface area (Å²) >= 11 is 0. The Morgan fingerprint density at radius 1 is 1.19 bits per heavy atom. The van der Waals surface area contributed by atoms with Crippen molar-refractivity contribution in [3.05, 3.63) is 71.6 Å². The number of nitrogens with zero attached hydrogens (tertiary/aromatic N) is 5. The third-order valence-corrected chi connectivity index (χ3v) is 4.47. The van der Waals surface area contributed by atoms with Crippen LogP contribution in [0.2, 0.25) is 0 Å². The molecule has 138 valence electrons. The minimum absolute atomic E-state index is 0.00631. The fraction of sp³-hybridized carbons (Fsp3) is 0.263. The Labute approximate surface area is 155 Å². The summed E-state index contributed by atoms with van der Waals surface area (Å²) in [5.74, 6) is 0.338. The molecule has 0 aliphatic carbocycles. The third kappa shape index (κ3) is 3.94. The second-order valence-electron chi connectivity index (χ2n) is 6.30. The first-order valence-electron chi connectivity index (χ1n) is 8.65. The Morgan fingerprint density at radius 2 is 2.04 bits per heavy atom. The molecule has 1 aliphatic rings. The topological polar surface area (TPSA) is 73.1 Å². The van der Waals surface area contributed by atoms with Crippen LogP contribution in [0.4, 0.5) is 4.39 Å². The highest BCUT2D eigenvalue weighted by Gasteiger charge is 2.25. The van der Waals surface area contributed by atoms with Crippen molar-refractivity contribution in [1.82, 2.24) is 24.9 Å². The van der Waals surface area contributed by atoms with Gasteiger partial charge in [0.05, 0.1) is 31.4 Å². The number of fused-ring (bicyclic) bond motifs is 1. The molecule has 0 bridgehead atoms. The maximum atomic E-state index is 13.0. The molecule has 1 aromatic carbocycles. The van der Waals surface area contributed by atoms with Gasteiger partial charge in [-0.2, -0.15) is 0 Å². The summed E-state index contributed by atoms with van der Waals surface area (Å²) in [6.45, 7) is 1.85. The van der Waals surface area contributed by atoms with Crippen molar-refractivity contribution in [1.29, 1.82) is 0 Å². The Hall–Kier alpha value is -3.29. The number of benzene rings is 1. The maximum absolute atomic E-state index is 13.0. The summed E-state index contributed by atoms with van der Waals surface area (Å²) in [5, 5.41) is 8.34. The van der Waals surface area contributed by atoms with Gasteiger partial charge in [0.25, 0.3) is 0 Å². The van der Waals surface area contributed by atoms with Crippen LogP contribution in [-0.2, 0) is 30.9 Å². The fourth-order valence-corrected chi connectivity index (χ4v) is 2.99. The van der Waals surface area contributed by atoms with Crippen molar-refractivity contribution >= 4 is 5.91 Å². The Kier molecular flexibility index (Phi) is 4.78. The largest absolute Gasteiger partial charge is 0.486 e. The van der Waals surface area contributed by atoms with E-state index in [0.29, 0.717) is 31.1 Å². The van der Waals surface area contributed by atoms with Gasteiger partial charge in [-0.1, -0.05) is 17.3 Å². The molecule has 27 heavy (non-hydrogen) atoms. The monoisotopic (exact) mass is 367 g/mol. The normalized spacial score (nSPS) is 13.3. The number of carbonyl (C=O) groups is 1. The summed E-state index contributed by atoms with van der Waals surface area (Å²) < 4.78 is 20.5. The van der Waals surface area contributed by atoms with Gasteiger partial charge < -0.3 is 9.64 Å². The van der Waals surface area contributed by atoms with Crippen LogP contribution in [0.15, 0.2) is 48.8 Å². The second-order valence-corrected chi connectivity index (χ2v) is 6.30. The standard InChI is InChI=1S/C19H18FN5O2/c20-15-5-3-14(4-6-15)10-19(26)24-8-9-25-18(12-24)17(22-23-25)13-27-16-2-1-7-21-11-16/h1-7,11H,8-10,12-13H2. The van der Waals surface area contributed by atoms with Crippen molar-refractivity contribution in [2.75, 3.05) is 6.54 Å². The Bertz CT molecular complexity index is 927. The molecule has 3 aromatic rings. The van der Waals surface area contributed by atoms with Crippen LogP contribution in [0.1, 0.15) is 17.0 Å². The lowest BCUT2D eigenvalue weighted by atomic mass is 10.1. The van der Waals surface area contributed by atoms with E-state index in [9.17, 15) is 9.18 Å². The first-order valence-corrected chi connectivity index (χ1v) is 8.65. The number of pyridine rings is 1. The van der Waals surface area contributed by atoms with Crippen molar-refractivity contribution in [2.45, 2.75) is 26.1 Å². The molecule has 0 radical (unpaired) electrons. The molecular weight excluding hydrogens is 349 g/mol. The molecule has 7 nitrogen and oxygen atoms in total. The Balaban J connectivity index is 1.42. The minimum atomic E-state index is -0.308. The zero-order valence-electron chi connectivity index (χ0n) is 14.6. The van der Waals surface area contributed by atoms with Crippen LogP contribution < -0.4 is 4.74 Å². The zero-order valence-corrected chi connectivity index (χ0v) is 14.6. The van der Waals surface area contributed by atoms with E-state index >= 15 is 0 Å². The lowest BCUT2D eigenvalue weighted by Crippen LogP contribution is -2.39. The van der Waals surface area contributed by atoms with E-state index < -0.39 is 0 Å². The molecule has 0 spiro atoms. The number of hydrogen-bond donors (Lipinski definition) is 0. The molecule has 1 aliphatic heterocycles. The van der Waals surface area contributed by atoms with Crippen LogP contribution in [-0.4, -0.2) is 37.3 Å². The average Bonchev–Trinajstić information content (AvgIpc) is 3.11. The van der Waals surface area contributed by atoms with Gasteiger partial charge in [0.15, 0.2) is 0 Å². The van der Waals surface area contributed by atoms with E-state index in [4.69, 9.17) is 4.74 Å². The molecule has 4 rings (SSSR count). The smallest absolute Gasteiger partial charge is 0.227 e. The number of rotatable bonds is 5. The number of hydrogen-bond acceptors (Lipinski definition) is 5. The van der Waals surface area contributed by atoms with Gasteiger partial charge in [0, 0.05) is 12.7 Å². The van der Waals surface area contributed by atoms with E-state index in [-0.39, 0.29) is 24.8 Å². The predicted molar refractivity (Wildman–Crippen MR) is 94.1 cm³/mol. The third-order valence-electron chi connectivity index (χ3n) is 4.47. The van der Waals surface area contributed by atoms with E-state index in [0.717, 1.165) is 11.3 Å². The highest BCUT2D eigenvalue weighted by Crippen LogP contribution is 2.18. The lowest BCUT2D eigenvalue weighted by molar-refractivity contribution is -0.132. The summed E-state index contributed by atoms with van der Waals surface area (Å²) in [7, 11) is 0. The van der Waals surface area contributed by atoms with Crippen molar-refractivity contribution in [3.63, 3.8) is 0 Å². The highest BCUT2D eigenvalue weighted by atomic mass is 19.1. The van der Waals surface area contributed by atoms with Gasteiger partial charge in [-0.15, -0.1) is 5.10 Å². The van der Waals surface area contributed by atoms with Crippen molar-refractivity contribution in [3.8, 4) is 5.75 Å². The highest BCUT2D eigenvalue weighted by molar-refractivity contribution is 5.78. The van der Waals surface area contributed by atoms with Crippen molar-refractivity contribution in [2.24, 2.45) is 0 Å². The van der Waals surface area contributed by atoms with Gasteiger partial charge in [-0.25, -0.2) is 9.07 Å². The van der Waals surface area contributed by atoms with Gasteiger partial charge >= 0.3 is 0 Å². The molecule has 0 unspecified atom stereocenters. The first-order chi connectivity index (χ1) is 13.2. The summed E-state index contributed by atoms with van der Waals surface area (Å²) in [6, 6.07) is 9.62. The molecule has 3 heterocycles. The van der Waals surface area contributed by atoms with Crippen LogP contribution in [0.5, 0.6) is 5.75 Å². The molecule has 0 fully saturated rings. The molecule has 0 saturated carbocycles. The molecule has 1 amide bonds. The molecule has 0 N–H and O–H groups in total. The number of aromatic nitrogens is 4. The van der Waals surface area contributed by atoms with Gasteiger partial charge in [-0.05, 0) is 29.8 Å². The molecule has 8 heteroatoms. The van der Waals surface area contributed by atoms with Crippen LogP contribution >= 0.6 is 0 Å². The molecule has 0 saturated heterocycles. The van der Waals surface area contributed by atoms with E-state index in [1.165, 1.54) is 12.1 Å².